The van der Waals surface area contributed by atoms with Crippen molar-refractivity contribution in [1.29, 1.82) is 0 Å². The minimum atomic E-state index is 0.430. The van der Waals surface area contributed by atoms with Crippen LogP contribution in [0.5, 0.6) is 0 Å². The van der Waals surface area contributed by atoms with Gasteiger partial charge in [0.25, 0.3) is 0 Å². The van der Waals surface area contributed by atoms with Crippen LogP contribution in [-0.2, 0) is 0 Å². The standard InChI is InChI=1S/C13H15N3/c1-10-2-4-11(5-3-10)12-6-7-14-13-15-8-9-16(12)13/h2-5,8-9,12H,6-7H2,1H3,(H,14,15). The summed E-state index contributed by atoms with van der Waals surface area (Å²) >= 11 is 0. The molecule has 0 saturated heterocycles. The molecule has 0 amide bonds. The third-order valence-electron chi connectivity index (χ3n) is 3.17. The molecule has 1 aromatic heterocycles. The smallest absolute Gasteiger partial charge is 0.203 e. The van der Waals surface area contributed by atoms with E-state index < -0.39 is 0 Å². The van der Waals surface area contributed by atoms with Gasteiger partial charge in [0.2, 0.25) is 5.95 Å². The van der Waals surface area contributed by atoms with Gasteiger partial charge in [-0.2, -0.15) is 0 Å². The summed E-state index contributed by atoms with van der Waals surface area (Å²) in [5.41, 5.74) is 2.68. The van der Waals surface area contributed by atoms with Crippen LogP contribution in [0.2, 0.25) is 0 Å². The molecule has 1 N–H and O–H groups in total. The number of hydrogen-bond acceptors (Lipinski definition) is 2. The van der Waals surface area contributed by atoms with Crippen molar-refractivity contribution in [3.8, 4) is 0 Å². The number of hydrogen-bond donors (Lipinski definition) is 1. The number of rotatable bonds is 1. The highest BCUT2D eigenvalue weighted by molar-refractivity contribution is 5.34. The largest absolute Gasteiger partial charge is 0.356 e. The van der Waals surface area contributed by atoms with Gasteiger partial charge in [-0.25, -0.2) is 4.98 Å². The van der Waals surface area contributed by atoms with Crippen molar-refractivity contribution in [2.24, 2.45) is 0 Å². The van der Waals surface area contributed by atoms with E-state index in [-0.39, 0.29) is 0 Å². The summed E-state index contributed by atoms with van der Waals surface area (Å²) in [5.74, 6) is 0.983. The summed E-state index contributed by atoms with van der Waals surface area (Å²) in [7, 11) is 0. The third kappa shape index (κ3) is 1.48. The molecule has 0 aliphatic carbocycles. The Kier molecular flexibility index (Phi) is 2.17. The lowest BCUT2D eigenvalue weighted by Crippen LogP contribution is -2.23. The van der Waals surface area contributed by atoms with Crippen LogP contribution in [0.1, 0.15) is 23.6 Å². The first-order valence-corrected chi connectivity index (χ1v) is 5.68. The predicted molar refractivity (Wildman–Crippen MR) is 64.7 cm³/mol. The Bertz CT molecular complexity index is 484. The molecule has 1 unspecified atom stereocenters. The quantitative estimate of drug-likeness (QED) is 0.789. The van der Waals surface area contributed by atoms with E-state index in [0.29, 0.717) is 6.04 Å². The van der Waals surface area contributed by atoms with Gasteiger partial charge in [-0.15, -0.1) is 0 Å². The highest BCUT2D eigenvalue weighted by Crippen LogP contribution is 2.28. The molecule has 1 aliphatic rings. The minimum absolute atomic E-state index is 0.430. The zero-order chi connectivity index (χ0) is 11.0. The second-order valence-corrected chi connectivity index (χ2v) is 4.30. The fourth-order valence-electron chi connectivity index (χ4n) is 2.28. The Morgan fingerprint density at radius 1 is 1.31 bits per heavy atom. The maximum absolute atomic E-state index is 4.30. The van der Waals surface area contributed by atoms with Crippen LogP contribution in [0.3, 0.4) is 0 Å². The van der Waals surface area contributed by atoms with Gasteiger partial charge in [-0.3, -0.25) is 0 Å². The first-order chi connectivity index (χ1) is 7.84. The molecule has 1 aromatic carbocycles. The molecule has 3 heteroatoms. The lowest BCUT2D eigenvalue weighted by Gasteiger charge is -2.26. The van der Waals surface area contributed by atoms with Gasteiger partial charge < -0.3 is 9.88 Å². The van der Waals surface area contributed by atoms with Gasteiger partial charge >= 0.3 is 0 Å². The molecule has 3 rings (SSSR count). The SMILES string of the molecule is Cc1ccc(C2CCNc3nccn32)cc1. The maximum atomic E-state index is 4.30. The molecule has 2 heterocycles. The molecule has 0 radical (unpaired) electrons. The van der Waals surface area contributed by atoms with Crippen LogP contribution >= 0.6 is 0 Å². The van der Waals surface area contributed by atoms with Crippen LogP contribution < -0.4 is 5.32 Å². The van der Waals surface area contributed by atoms with E-state index in [1.165, 1.54) is 11.1 Å². The van der Waals surface area contributed by atoms with Crippen LogP contribution in [0.4, 0.5) is 5.95 Å². The minimum Gasteiger partial charge on any atom is -0.356 e. The van der Waals surface area contributed by atoms with Crippen molar-refractivity contribution in [1.82, 2.24) is 9.55 Å². The molecule has 0 fully saturated rings. The molecule has 0 saturated carbocycles. The number of aromatic nitrogens is 2. The van der Waals surface area contributed by atoms with Gasteiger partial charge in [0.05, 0.1) is 6.04 Å². The number of nitrogens with zero attached hydrogens (tertiary/aromatic N) is 2. The monoisotopic (exact) mass is 213 g/mol. The fourth-order valence-corrected chi connectivity index (χ4v) is 2.28. The number of fused-ring (bicyclic) bond motifs is 1. The average molecular weight is 213 g/mol. The van der Waals surface area contributed by atoms with Crippen LogP contribution in [0.15, 0.2) is 36.7 Å². The first-order valence-electron chi connectivity index (χ1n) is 5.68. The van der Waals surface area contributed by atoms with Gasteiger partial charge in [0.15, 0.2) is 0 Å². The Morgan fingerprint density at radius 2 is 2.12 bits per heavy atom. The van der Waals surface area contributed by atoms with Crippen LogP contribution in [0, 0.1) is 6.92 Å². The molecule has 1 atom stereocenters. The second kappa shape index (κ2) is 3.67. The average Bonchev–Trinajstić information content (AvgIpc) is 2.78. The Balaban J connectivity index is 2.00. The highest BCUT2D eigenvalue weighted by atomic mass is 15.2. The van der Waals surface area contributed by atoms with Crippen molar-refractivity contribution >= 4 is 5.95 Å². The molecule has 0 spiro atoms. The van der Waals surface area contributed by atoms with Crippen molar-refractivity contribution in [2.75, 3.05) is 11.9 Å². The lowest BCUT2D eigenvalue weighted by atomic mass is 10.0. The Labute approximate surface area is 95.1 Å². The third-order valence-corrected chi connectivity index (χ3v) is 3.17. The zero-order valence-corrected chi connectivity index (χ0v) is 9.35. The summed E-state index contributed by atoms with van der Waals surface area (Å²) in [6, 6.07) is 9.21. The molecule has 16 heavy (non-hydrogen) atoms. The number of anilines is 1. The van der Waals surface area contributed by atoms with Gasteiger partial charge in [-0.05, 0) is 18.9 Å². The number of benzene rings is 1. The normalized spacial score (nSPS) is 18.9. The van der Waals surface area contributed by atoms with Gasteiger partial charge in [-0.1, -0.05) is 29.8 Å². The lowest BCUT2D eigenvalue weighted by molar-refractivity contribution is 0.530. The van der Waals surface area contributed by atoms with E-state index in [9.17, 15) is 0 Å². The summed E-state index contributed by atoms with van der Waals surface area (Å²) < 4.78 is 2.22. The topological polar surface area (TPSA) is 29.9 Å². The molecule has 3 nitrogen and oxygen atoms in total. The van der Waals surface area contributed by atoms with E-state index in [1.54, 1.807) is 0 Å². The maximum Gasteiger partial charge on any atom is 0.203 e. The Morgan fingerprint density at radius 3 is 2.94 bits per heavy atom. The van der Waals surface area contributed by atoms with Crippen LogP contribution in [0.25, 0.3) is 0 Å². The van der Waals surface area contributed by atoms with Gasteiger partial charge in [0.1, 0.15) is 0 Å². The van der Waals surface area contributed by atoms with E-state index in [0.717, 1.165) is 18.9 Å². The zero-order valence-electron chi connectivity index (χ0n) is 9.35. The van der Waals surface area contributed by atoms with E-state index in [1.807, 2.05) is 12.4 Å². The van der Waals surface area contributed by atoms with E-state index in [4.69, 9.17) is 0 Å². The van der Waals surface area contributed by atoms with Crippen molar-refractivity contribution in [3.05, 3.63) is 47.8 Å². The van der Waals surface area contributed by atoms with Crippen LogP contribution in [-0.4, -0.2) is 16.1 Å². The number of nitrogens with one attached hydrogen (secondary N) is 1. The first kappa shape index (κ1) is 9.46. The summed E-state index contributed by atoms with van der Waals surface area (Å²) in [5, 5.41) is 3.31. The molecular formula is C13H15N3. The van der Waals surface area contributed by atoms with Crippen molar-refractivity contribution in [2.45, 2.75) is 19.4 Å². The van der Waals surface area contributed by atoms with Crippen molar-refractivity contribution < 1.29 is 0 Å². The Hall–Kier alpha value is -1.77. The van der Waals surface area contributed by atoms with E-state index >= 15 is 0 Å². The fraction of sp³-hybridized carbons (Fsp3) is 0.308. The number of imidazole rings is 1. The van der Waals surface area contributed by atoms with Gasteiger partial charge in [0, 0.05) is 18.9 Å². The summed E-state index contributed by atoms with van der Waals surface area (Å²) in [6.07, 6.45) is 5.02. The molecule has 82 valence electrons. The summed E-state index contributed by atoms with van der Waals surface area (Å²) in [6.45, 7) is 3.12. The number of aryl methyl sites for hydroxylation is 1. The second-order valence-electron chi connectivity index (χ2n) is 4.30. The molecular weight excluding hydrogens is 198 g/mol. The molecule has 2 aromatic rings. The predicted octanol–water partition coefficient (Wildman–Crippen LogP) is 2.60. The molecule has 1 aliphatic heterocycles. The van der Waals surface area contributed by atoms with Crippen molar-refractivity contribution in [3.63, 3.8) is 0 Å². The highest BCUT2D eigenvalue weighted by Gasteiger charge is 2.20. The van der Waals surface area contributed by atoms with E-state index in [2.05, 4.69) is 46.1 Å². The molecule has 0 bridgehead atoms. The summed E-state index contributed by atoms with van der Waals surface area (Å²) in [4.78, 5) is 4.30.